The molecule has 0 aromatic carbocycles. The fourth-order valence-corrected chi connectivity index (χ4v) is 1.83. The lowest BCUT2D eigenvalue weighted by atomic mass is 10.2. The summed E-state index contributed by atoms with van der Waals surface area (Å²) in [6.07, 6.45) is -2.93. The summed E-state index contributed by atoms with van der Waals surface area (Å²) in [6, 6.07) is 0. The molecule has 1 aliphatic rings. The normalized spacial score (nSPS) is 26.4. The van der Waals surface area contributed by atoms with E-state index in [2.05, 4.69) is 4.74 Å². The van der Waals surface area contributed by atoms with Crippen LogP contribution in [0.1, 0.15) is 12.6 Å². The van der Waals surface area contributed by atoms with Crippen molar-refractivity contribution in [2.45, 2.75) is 24.9 Å². The molecule has 8 nitrogen and oxygen atoms in total. The summed E-state index contributed by atoms with van der Waals surface area (Å²) in [5.41, 5.74) is -2.04. The van der Waals surface area contributed by atoms with Crippen molar-refractivity contribution in [2.24, 2.45) is 0 Å². The van der Waals surface area contributed by atoms with Crippen molar-refractivity contribution in [2.75, 3.05) is 7.11 Å². The molecule has 2 unspecified atom stereocenters. The van der Waals surface area contributed by atoms with Gasteiger partial charge in [-0.1, -0.05) is 0 Å². The number of ether oxygens (including phenoxy) is 2. The number of carbonyl (C=O) groups is 1. The van der Waals surface area contributed by atoms with Gasteiger partial charge < -0.3 is 14.6 Å². The third kappa shape index (κ3) is 2.42. The molecular formula is C10H11FN2O6. The van der Waals surface area contributed by atoms with Crippen LogP contribution in [0.5, 0.6) is 0 Å². The van der Waals surface area contributed by atoms with Crippen molar-refractivity contribution >= 4 is 5.97 Å². The molecule has 1 aromatic heterocycles. The lowest BCUT2D eigenvalue weighted by molar-refractivity contribution is -0.159. The fourth-order valence-electron chi connectivity index (χ4n) is 1.83. The third-order valence-electron chi connectivity index (χ3n) is 2.76. The third-order valence-corrected chi connectivity index (χ3v) is 2.76. The fraction of sp³-hybridized carbons (Fsp3) is 0.500. The highest BCUT2D eigenvalue weighted by molar-refractivity contribution is 5.75. The number of hydrogen-bond acceptors (Lipinski definition) is 6. The molecule has 0 spiro atoms. The lowest BCUT2D eigenvalue weighted by Gasteiger charge is -2.14. The number of aromatic amines is 1. The highest BCUT2D eigenvalue weighted by Crippen LogP contribution is 2.28. The number of carbonyl (C=O) groups excluding carboxylic acids is 1. The second-order valence-electron chi connectivity index (χ2n) is 3.98. The number of methoxy groups -OCH3 is 1. The molecule has 0 aliphatic carbocycles. The first-order valence-corrected chi connectivity index (χ1v) is 5.36. The summed E-state index contributed by atoms with van der Waals surface area (Å²) < 4.78 is 23.4. The van der Waals surface area contributed by atoms with Gasteiger partial charge in [0.2, 0.25) is 5.82 Å². The number of hydrogen-bond donors (Lipinski definition) is 2. The molecule has 2 N–H and O–H groups in total. The number of aromatic nitrogens is 2. The molecule has 2 heterocycles. The summed E-state index contributed by atoms with van der Waals surface area (Å²) in [5.74, 6) is -1.97. The summed E-state index contributed by atoms with van der Waals surface area (Å²) in [6.45, 7) is 0. The Morgan fingerprint density at radius 2 is 2.32 bits per heavy atom. The lowest BCUT2D eigenvalue weighted by Crippen LogP contribution is -2.34. The number of rotatable bonds is 2. The van der Waals surface area contributed by atoms with Gasteiger partial charge in [-0.3, -0.25) is 14.3 Å². The van der Waals surface area contributed by atoms with Crippen LogP contribution in [0.15, 0.2) is 15.8 Å². The van der Waals surface area contributed by atoms with Crippen molar-refractivity contribution in [3.63, 3.8) is 0 Å². The molecule has 0 amide bonds. The van der Waals surface area contributed by atoms with Crippen molar-refractivity contribution < 1.29 is 23.8 Å². The van der Waals surface area contributed by atoms with Gasteiger partial charge in [-0.15, -0.1) is 0 Å². The Hall–Kier alpha value is -2.00. The molecule has 19 heavy (non-hydrogen) atoms. The molecule has 0 bridgehead atoms. The second-order valence-corrected chi connectivity index (χ2v) is 3.98. The van der Waals surface area contributed by atoms with Gasteiger partial charge in [-0.25, -0.2) is 9.59 Å². The van der Waals surface area contributed by atoms with Crippen LogP contribution in [0.25, 0.3) is 0 Å². The zero-order valence-electron chi connectivity index (χ0n) is 9.83. The first-order valence-electron chi connectivity index (χ1n) is 5.36. The quantitative estimate of drug-likeness (QED) is 0.635. The number of esters is 1. The number of nitrogens with zero attached hydrogens (tertiary/aromatic N) is 1. The van der Waals surface area contributed by atoms with E-state index in [9.17, 15) is 23.9 Å². The average molecular weight is 274 g/mol. The number of aliphatic hydroxyl groups is 1. The average Bonchev–Trinajstić information content (AvgIpc) is 2.75. The van der Waals surface area contributed by atoms with Crippen LogP contribution in [0.3, 0.4) is 0 Å². The Balaban J connectivity index is 2.30. The standard InChI is InChI=1S/C10H11FN2O6/c1-18-9(16)7-5(14)2-6(19-7)13-3-4(11)8(15)12-10(13)17/h3,5-7,14H,2H2,1H3,(H,12,15,17)/t5?,6-,7?/m1/s1. The SMILES string of the molecule is COC(=O)C1O[C@@H](n2cc(F)c(=O)[nH]c2=O)CC1O. The Morgan fingerprint density at radius 3 is 2.95 bits per heavy atom. The number of H-pyrrole nitrogens is 1. The molecule has 1 aliphatic heterocycles. The minimum Gasteiger partial charge on any atom is -0.467 e. The second kappa shape index (κ2) is 4.94. The first kappa shape index (κ1) is 13.4. The van der Waals surface area contributed by atoms with Crippen LogP contribution < -0.4 is 11.2 Å². The number of aliphatic hydroxyl groups excluding tert-OH is 1. The number of halogens is 1. The van der Waals surface area contributed by atoms with Crippen molar-refractivity contribution in [1.29, 1.82) is 0 Å². The van der Waals surface area contributed by atoms with Gasteiger partial charge in [-0.05, 0) is 0 Å². The van der Waals surface area contributed by atoms with Gasteiger partial charge in [0.1, 0.15) is 6.23 Å². The summed E-state index contributed by atoms with van der Waals surface area (Å²) in [5, 5.41) is 9.63. The predicted octanol–water partition coefficient (Wildman–Crippen LogP) is -1.50. The maximum Gasteiger partial charge on any atom is 0.337 e. The van der Waals surface area contributed by atoms with E-state index in [0.717, 1.165) is 11.7 Å². The Labute approximate surface area is 105 Å². The van der Waals surface area contributed by atoms with Gasteiger partial charge in [0, 0.05) is 6.42 Å². The zero-order valence-corrected chi connectivity index (χ0v) is 9.83. The minimum absolute atomic E-state index is 0.106. The smallest absolute Gasteiger partial charge is 0.337 e. The molecule has 1 saturated heterocycles. The van der Waals surface area contributed by atoms with E-state index < -0.39 is 41.5 Å². The van der Waals surface area contributed by atoms with E-state index in [1.165, 1.54) is 0 Å². The van der Waals surface area contributed by atoms with E-state index >= 15 is 0 Å². The molecule has 9 heteroatoms. The monoisotopic (exact) mass is 274 g/mol. The highest BCUT2D eigenvalue weighted by atomic mass is 19.1. The molecule has 104 valence electrons. The molecule has 0 radical (unpaired) electrons. The van der Waals surface area contributed by atoms with E-state index in [1.54, 1.807) is 4.98 Å². The van der Waals surface area contributed by atoms with Crippen LogP contribution in [-0.2, 0) is 14.3 Å². The maximum absolute atomic E-state index is 13.1. The van der Waals surface area contributed by atoms with Crippen molar-refractivity contribution in [1.82, 2.24) is 9.55 Å². The molecule has 2 rings (SSSR count). The molecule has 1 aromatic rings. The van der Waals surface area contributed by atoms with E-state index in [-0.39, 0.29) is 6.42 Å². The topological polar surface area (TPSA) is 111 Å². The van der Waals surface area contributed by atoms with Crippen LogP contribution >= 0.6 is 0 Å². The summed E-state index contributed by atoms with van der Waals surface area (Å²) in [4.78, 5) is 35.4. The van der Waals surface area contributed by atoms with Gasteiger partial charge in [0.05, 0.1) is 19.4 Å². The van der Waals surface area contributed by atoms with Crippen LogP contribution in [-0.4, -0.2) is 39.9 Å². The van der Waals surface area contributed by atoms with Crippen LogP contribution in [0, 0.1) is 5.82 Å². The van der Waals surface area contributed by atoms with Gasteiger partial charge in [0.15, 0.2) is 6.10 Å². The predicted molar refractivity (Wildman–Crippen MR) is 57.8 cm³/mol. The Morgan fingerprint density at radius 1 is 1.63 bits per heavy atom. The van der Waals surface area contributed by atoms with Gasteiger partial charge in [-0.2, -0.15) is 4.39 Å². The largest absolute Gasteiger partial charge is 0.467 e. The Kier molecular flexibility index (Phi) is 3.49. The molecule has 3 atom stereocenters. The maximum atomic E-state index is 13.1. The van der Waals surface area contributed by atoms with E-state index in [1.807, 2.05) is 0 Å². The highest BCUT2D eigenvalue weighted by Gasteiger charge is 2.40. The minimum atomic E-state index is -1.25. The molecule has 1 fully saturated rings. The zero-order chi connectivity index (χ0) is 14.2. The summed E-state index contributed by atoms with van der Waals surface area (Å²) in [7, 11) is 1.12. The first-order chi connectivity index (χ1) is 8.93. The van der Waals surface area contributed by atoms with Gasteiger partial charge in [0.25, 0.3) is 5.56 Å². The Bertz CT molecular complexity index is 609. The van der Waals surface area contributed by atoms with Crippen LogP contribution in [0.4, 0.5) is 4.39 Å². The van der Waals surface area contributed by atoms with Crippen LogP contribution in [0.2, 0.25) is 0 Å². The van der Waals surface area contributed by atoms with E-state index in [4.69, 9.17) is 4.74 Å². The van der Waals surface area contributed by atoms with Crippen molar-refractivity contribution in [3.8, 4) is 0 Å². The van der Waals surface area contributed by atoms with Crippen molar-refractivity contribution in [3.05, 3.63) is 32.9 Å². The summed E-state index contributed by atoms with van der Waals surface area (Å²) >= 11 is 0. The molecule has 0 saturated carbocycles. The number of nitrogens with one attached hydrogen (secondary N) is 1. The molecular weight excluding hydrogens is 263 g/mol. The van der Waals surface area contributed by atoms with Gasteiger partial charge >= 0.3 is 11.7 Å². The van der Waals surface area contributed by atoms with E-state index in [0.29, 0.717) is 6.20 Å².